The molecule has 1 aliphatic rings. The van der Waals surface area contributed by atoms with Crippen LogP contribution in [0.4, 0.5) is 0 Å². The van der Waals surface area contributed by atoms with Gasteiger partial charge in [-0.3, -0.25) is 0 Å². The van der Waals surface area contributed by atoms with Crippen LogP contribution in [0.3, 0.4) is 0 Å². The molecule has 1 aliphatic heterocycles. The fourth-order valence-corrected chi connectivity index (χ4v) is 5.33. The van der Waals surface area contributed by atoms with Gasteiger partial charge in [0.15, 0.2) is 5.69 Å². The number of aryl methyl sites for hydroxylation is 2. The summed E-state index contributed by atoms with van der Waals surface area (Å²) in [5, 5.41) is 11.1. The monoisotopic (exact) mass is 343 g/mol. The molecule has 0 fully saturated rings. The Morgan fingerprint density at radius 2 is 1.52 bits per heavy atom. The van der Waals surface area contributed by atoms with E-state index in [1.807, 2.05) is 18.7 Å². The molecular formula is C22H19N2S+. The van der Waals surface area contributed by atoms with Gasteiger partial charge in [0, 0.05) is 18.6 Å². The zero-order valence-electron chi connectivity index (χ0n) is 14.3. The lowest BCUT2D eigenvalue weighted by atomic mass is 9.97. The van der Waals surface area contributed by atoms with E-state index in [0.717, 1.165) is 16.2 Å². The van der Waals surface area contributed by atoms with E-state index in [1.165, 1.54) is 16.8 Å². The SMILES string of the molecule is Cc1cc(C)[n+]2c(c1C#N)S[C@H](c1ccccc1)[C@H]2c1ccccc1. The number of pyridine rings is 1. The average Bonchev–Trinajstić information content (AvgIpc) is 3.04. The highest BCUT2D eigenvalue weighted by Gasteiger charge is 2.46. The number of rotatable bonds is 2. The van der Waals surface area contributed by atoms with Crippen molar-refractivity contribution in [2.24, 2.45) is 0 Å². The van der Waals surface area contributed by atoms with Gasteiger partial charge in [0.1, 0.15) is 16.9 Å². The summed E-state index contributed by atoms with van der Waals surface area (Å²) in [7, 11) is 0. The van der Waals surface area contributed by atoms with Crippen molar-refractivity contribution in [3.8, 4) is 6.07 Å². The maximum absolute atomic E-state index is 9.71. The van der Waals surface area contributed by atoms with Gasteiger partial charge in [0.25, 0.3) is 5.03 Å². The fraction of sp³-hybridized carbons (Fsp3) is 0.182. The summed E-state index contributed by atoms with van der Waals surface area (Å²) in [5.74, 6) is 0. The number of thioether (sulfide) groups is 1. The minimum atomic E-state index is 0.191. The van der Waals surface area contributed by atoms with Gasteiger partial charge in [-0.2, -0.15) is 9.83 Å². The maximum atomic E-state index is 9.71. The van der Waals surface area contributed by atoms with Crippen molar-refractivity contribution >= 4 is 11.8 Å². The lowest BCUT2D eigenvalue weighted by Gasteiger charge is -2.16. The summed E-state index contributed by atoms with van der Waals surface area (Å²) in [6.45, 7) is 4.17. The summed E-state index contributed by atoms with van der Waals surface area (Å²) in [5.41, 5.74) is 5.63. The molecule has 2 aromatic carbocycles. The standard InChI is InChI=1S/C22H19N2S/c1-15-13-16(2)24-20(17-9-5-3-6-10-17)21(18-11-7-4-8-12-18)25-22(24)19(15)14-23/h3-13,20-21H,1-2H3/q+1/t20-,21-/m1/s1. The highest BCUT2D eigenvalue weighted by atomic mass is 32.2. The molecule has 2 atom stereocenters. The number of hydrogen-bond donors (Lipinski definition) is 0. The van der Waals surface area contributed by atoms with E-state index in [-0.39, 0.29) is 11.3 Å². The van der Waals surface area contributed by atoms with E-state index in [2.05, 4.69) is 84.3 Å². The zero-order chi connectivity index (χ0) is 17.4. The Hall–Kier alpha value is -2.57. The molecule has 0 amide bonds. The minimum Gasteiger partial charge on any atom is -0.192 e. The number of fused-ring (bicyclic) bond motifs is 1. The van der Waals surface area contributed by atoms with Crippen LogP contribution in [0.2, 0.25) is 0 Å². The van der Waals surface area contributed by atoms with Crippen LogP contribution in [0, 0.1) is 25.2 Å². The van der Waals surface area contributed by atoms with Gasteiger partial charge in [-0.25, -0.2) is 0 Å². The zero-order valence-corrected chi connectivity index (χ0v) is 15.1. The fourth-order valence-electron chi connectivity index (χ4n) is 3.69. The maximum Gasteiger partial charge on any atom is 0.259 e. The molecule has 2 nitrogen and oxygen atoms in total. The number of benzene rings is 2. The Bertz CT molecular complexity index is 959. The molecule has 0 saturated carbocycles. The molecule has 122 valence electrons. The molecule has 0 N–H and O–H groups in total. The number of nitriles is 1. The van der Waals surface area contributed by atoms with Crippen molar-refractivity contribution in [1.82, 2.24) is 0 Å². The second-order valence-corrected chi connectivity index (χ2v) is 7.57. The summed E-state index contributed by atoms with van der Waals surface area (Å²) in [4.78, 5) is 0. The Morgan fingerprint density at radius 3 is 2.12 bits per heavy atom. The molecule has 0 saturated heterocycles. The van der Waals surface area contributed by atoms with Crippen LogP contribution in [-0.2, 0) is 0 Å². The lowest BCUT2D eigenvalue weighted by molar-refractivity contribution is -0.748. The summed E-state index contributed by atoms with van der Waals surface area (Å²) in [6, 6.07) is 26.0. The lowest BCUT2D eigenvalue weighted by Crippen LogP contribution is -2.43. The van der Waals surface area contributed by atoms with Gasteiger partial charge in [-0.1, -0.05) is 60.7 Å². The van der Waals surface area contributed by atoms with Gasteiger partial charge in [0.2, 0.25) is 6.04 Å². The first-order chi connectivity index (χ1) is 12.2. The third-order valence-corrected chi connectivity index (χ3v) is 6.22. The first kappa shape index (κ1) is 15.9. The molecule has 3 aromatic rings. The van der Waals surface area contributed by atoms with E-state index < -0.39 is 0 Å². The van der Waals surface area contributed by atoms with Crippen molar-refractivity contribution in [1.29, 1.82) is 5.26 Å². The van der Waals surface area contributed by atoms with Crippen molar-refractivity contribution in [2.75, 3.05) is 0 Å². The predicted octanol–water partition coefficient (Wildman–Crippen LogP) is 4.90. The Balaban J connectivity index is 1.97. The second kappa shape index (κ2) is 6.38. The third-order valence-electron chi connectivity index (χ3n) is 4.82. The Kier molecular flexibility index (Phi) is 4.07. The van der Waals surface area contributed by atoms with E-state index in [0.29, 0.717) is 0 Å². The molecule has 3 heteroatoms. The molecule has 1 aromatic heterocycles. The molecular weight excluding hydrogens is 324 g/mol. The Morgan fingerprint density at radius 1 is 0.920 bits per heavy atom. The molecule has 0 aliphatic carbocycles. The van der Waals surface area contributed by atoms with Gasteiger partial charge in [0.05, 0.1) is 0 Å². The topological polar surface area (TPSA) is 27.7 Å². The van der Waals surface area contributed by atoms with Crippen LogP contribution in [0.15, 0.2) is 71.8 Å². The van der Waals surface area contributed by atoms with E-state index in [4.69, 9.17) is 0 Å². The molecule has 0 unspecified atom stereocenters. The summed E-state index contributed by atoms with van der Waals surface area (Å²) in [6.07, 6.45) is 0. The molecule has 25 heavy (non-hydrogen) atoms. The third kappa shape index (κ3) is 2.63. The smallest absolute Gasteiger partial charge is 0.192 e. The van der Waals surface area contributed by atoms with Crippen molar-refractivity contribution < 1.29 is 4.57 Å². The van der Waals surface area contributed by atoms with E-state index in [1.54, 1.807) is 0 Å². The van der Waals surface area contributed by atoms with Gasteiger partial charge in [-0.15, -0.1) is 0 Å². The molecule has 0 bridgehead atoms. The van der Waals surface area contributed by atoms with Crippen molar-refractivity contribution in [3.63, 3.8) is 0 Å². The van der Waals surface area contributed by atoms with Crippen LogP contribution < -0.4 is 4.57 Å². The number of hydrogen-bond acceptors (Lipinski definition) is 2. The molecule has 2 heterocycles. The highest BCUT2D eigenvalue weighted by Crippen LogP contribution is 2.49. The first-order valence-electron chi connectivity index (χ1n) is 8.43. The van der Waals surface area contributed by atoms with E-state index in [9.17, 15) is 5.26 Å². The van der Waals surface area contributed by atoms with Crippen molar-refractivity contribution in [2.45, 2.75) is 30.2 Å². The van der Waals surface area contributed by atoms with Crippen LogP contribution in [0.1, 0.15) is 39.2 Å². The van der Waals surface area contributed by atoms with Crippen LogP contribution in [0.5, 0.6) is 0 Å². The van der Waals surface area contributed by atoms with Gasteiger partial charge < -0.3 is 0 Å². The summed E-state index contributed by atoms with van der Waals surface area (Å²) < 4.78 is 2.35. The first-order valence-corrected chi connectivity index (χ1v) is 9.31. The van der Waals surface area contributed by atoms with Crippen LogP contribution >= 0.6 is 11.8 Å². The molecule has 0 spiro atoms. The van der Waals surface area contributed by atoms with Crippen LogP contribution in [0.25, 0.3) is 0 Å². The second-order valence-electron chi connectivity index (χ2n) is 6.44. The van der Waals surface area contributed by atoms with Crippen LogP contribution in [-0.4, -0.2) is 0 Å². The summed E-state index contributed by atoms with van der Waals surface area (Å²) >= 11 is 1.81. The number of aromatic nitrogens is 1. The number of nitrogens with zero attached hydrogens (tertiary/aromatic N) is 2. The Labute approximate surface area is 152 Å². The predicted molar refractivity (Wildman–Crippen MR) is 100 cm³/mol. The molecule has 0 radical (unpaired) electrons. The quantitative estimate of drug-likeness (QED) is 0.619. The minimum absolute atomic E-state index is 0.191. The van der Waals surface area contributed by atoms with Crippen molar-refractivity contribution in [3.05, 3.63) is 94.7 Å². The molecule has 4 rings (SSSR count). The van der Waals surface area contributed by atoms with Gasteiger partial charge in [-0.05, 0) is 29.8 Å². The van der Waals surface area contributed by atoms with Gasteiger partial charge >= 0.3 is 0 Å². The largest absolute Gasteiger partial charge is 0.259 e. The normalized spacial score (nSPS) is 18.6. The highest BCUT2D eigenvalue weighted by molar-refractivity contribution is 7.99. The van der Waals surface area contributed by atoms with E-state index >= 15 is 0 Å². The average molecular weight is 343 g/mol.